The molecular weight excluding hydrogens is 382 g/mol. The maximum atomic E-state index is 12.4. The van der Waals surface area contributed by atoms with E-state index in [1.54, 1.807) is 0 Å². The normalized spacial score (nSPS) is 20.6. The topological polar surface area (TPSA) is 116 Å². The Morgan fingerprint density at radius 1 is 1.11 bits per heavy atom. The van der Waals surface area contributed by atoms with E-state index >= 15 is 0 Å². The second-order valence-electron chi connectivity index (χ2n) is 7.50. The van der Waals surface area contributed by atoms with Crippen LogP contribution in [0.15, 0.2) is 17.6 Å². The molecule has 1 saturated heterocycles. The maximum absolute atomic E-state index is 12.4. The van der Waals surface area contributed by atoms with Gasteiger partial charge in [-0.05, 0) is 73.3 Å². The molecule has 9 heteroatoms. The number of benzene rings is 1. The average molecular weight is 405 g/mol. The van der Waals surface area contributed by atoms with E-state index in [9.17, 15) is 18.0 Å². The van der Waals surface area contributed by atoms with E-state index in [0.717, 1.165) is 65.6 Å². The van der Waals surface area contributed by atoms with Crippen LogP contribution in [-0.4, -0.2) is 43.1 Å². The molecule has 1 aliphatic heterocycles. The summed E-state index contributed by atoms with van der Waals surface area (Å²) in [5.74, 6) is 0. The van der Waals surface area contributed by atoms with Crippen molar-refractivity contribution in [2.24, 2.45) is 0 Å². The van der Waals surface area contributed by atoms with Crippen LogP contribution in [0.4, 0.5) is 15.3 Å². The molecule has 1 aromatic rings. The molecular formula is C19H23N3O5S. The Bertz CT molecular complexity index is 938. The number of aryl methyl sites for hydroxylation is 2. The van der Waals surface area contributed by atoms with Crippen molar-refractivity contribution in [3.8, 4) is 0 Å². The molecule has 3 aliphatic rings. The van der Waals surface area contributed by atoms with Crippen molar-refractivity contribution in [1.82, 2.24) is 9.62 Å². The number of sulfonamides is 1. The molecule has 3 amide bonds. The lowest BCUT2D eigenvalue weighted by Gasteiger charge is -2.36. The van der Waals surface area contributed by atoms with Gasteiger partial charge in [-0.25, -0.2) is 22.7 Å². The Balaban J connectivity index is 1.46. The Hall–Kier alpha value is -2.55. The van der Waals surface area contributed by atoms with Crippen LogP contribution in [0.1, 0.15) is 41.5 Å². The average Bonchev–Trinajstić information content (AvgIpc) is 3.21. The molecule has 0 bridgehead atoms. The molecule has 8 nitrogen and oxygen atoms in total. The van der Waals surface area contributed by atoms with Crippen LogP contribution in [0.25, 0.3) is 0 Å². The number of amides is 3. The predicted octanol–water partition coefficient (Wildman–Crippen LogP) is 2.38. The summed E-state index contributed by atoms with van der Waals surface area (Å²) in [6.07, 6.45) is 6.60. The van der Waals surface area contributed by atoms with Gasteiger partial charge in [-0.1, -0.05) is 6.07 Å². The van der Waals surface area contributed by atoms with E-state index in [1.807, 2.05) is 4.72 Å². The second kappa shape index (κ2) is 7.12. The second-order valence-corrected chi connectivity index (χ2v) is 9.06. The number of hydrogen-bond acceptors (Lipinski definition) is 4. The molecule has 150 valence electrons. The number of carbonyl (C=O) groups is 2. The minimum atomic E-state index is -4.01. The monoisotopic (exact) mass is 405 g/mol. The molecule has 0 spiro atoms. The number of nitrogens with zero attached hydrogens (tertiary/aromatic N) is 1. The van der Waals surface area contributed by atoms with Crippen molar-refractivity contribution in [3.63, 3.8) is 0 Å². The van der Waals surface area contributed by atoms with Gasteiger partial charge in [-0.3, -0.25) is 0 Å². The minimum Gasteiger partial charge on any atom is -0.465 e. The van der Waals surface area contributed by atoms with Crippen LogP contribution in [-0.2, 0) is 35.7 Å². The van der Waals surface area contributed by atoms with Crippen molar-refractivity contribution in [2.45, 2.75) is 51.0 Å². The zero-order chi connectivity index (χ0) is 19.9. The standard InChI is InChI=1S/C19H23N3O5S/c23-18(21-28(26,27)10-8-14-7-9-22(14)19(24)25)20-17-15-5-1-3-12(15)11-13-4-2-6-16(13)17/h8,10-11,14H,1-7,9H2,(H,24,25)(H2,20,21,23). The summed E-state index contributed by atoms with van der Waals surface area (Å²) in [4.78, 5) is 24.5. The van der Waals surface area contributed by atoms with E-state index in [2.05, 4.69) is 11.4 Å². The van der Waals surface area contributed by atoms with Crippen LogP contribution < -0.4 is 10.0 Å². The van der Waals surface area contributed by atoms with Gasteiger partial charge in [0, 0.05) is 17.6 Å². The summed E-state index contributed by atoms with van der Waals surface area (Å²) in [7, 11) is -4.01. The zero-order valence-corrected chi connectivity index (χ0v) is 16.2. The van der Waals surface area contributed by atoms with Gasteiger partial charge in [0.25, 0.3) is 10.0 Å². The van der Waals surface area contributed by atoms with Gasteiger partial charge in [0.1, 0.15) is 0 Å². The Kier molecular flexibility index (Phi) is 4.78. The highest BCUT2D eigenvalue weighted by atomic mass is 32.2. The first-order chi connectivity index (χ1) is 13.3. The molecule has 2 aliphatic carbocycles. The van der Waals surface area contributed by atoms with Crippen molar-refractivity contribution < 1.29 is 23.1 Å². The molecule has 1 fully saturated rings. The third kappa shape index (κ3) is 3.58. The van der Waals surface area contributed by atoms with Gasteiger partial charge in [-0.15, -0.1) is 0 Å². The molecule has 1 heterocycles. The first-order valence-electron chi connectivity index (χ1n) is 9.52. The number of anilines is 1. The fourth-order valence-corrected chi connectivity index (χ4v) is 5.07. The molecule has 1 atom stereocenters. The Morgan fingerprint density at radius 2 is 1.75 bits per heavy atom. The van der Waals surface area contributed by atoms with Crippen molar-refractivity contribution in [1.29, 1.82) is 0 Å². The summed E-state index contributed by atoms with van der Waals surface area (Å²) in [6, 6.07) is 0.973. The van der Waals surface area contributed by atoms with Gasteiger partial charge >= 0.3 is 12.1 Å². The summed E-state index contributed by atoms with van der Waals surface area (Å²) in [5, 5.41) is 12.6. The molecule has 1 unspecified atom stereocenters. The highest BCUT2D eigenvalue weighted by Crippen LogP contribution is 2.38. The third-order valence-electron chi connectivity index (χ3n) is 5.74. The van der Waals surface area contributed by atoms with Crippen molar-refractivity contribution in [3.05, 3.63) is 39.8 Å². The smallest absolute Gasteiger partial charge is 0.407 e. The SMILES string of the molecule is O=C(Nc1c2c(cc3c1CCC3)CCC2)NS(=O)(=O)C=CC1CCN1C(=O)O. The number of likely N-dealkylation sites (tertiary alicyclic amines) is 1. The fraction of sp³-hybridized carbons (Fsp3) is 0.474. The highest BCUT2D eigenvalue weighted by molar-refractivity contribution is 7.92. The van der Waals surface area contributed by atoms with Gasteiger partial charge in [-0.2, -0.15) is 0 Å². The van der Waals surface area contributed by atoms with Gasteiger partial charge in [0.15, 0.2) is 0 Å². The number of nitrogens with one attached hydrogen (secondary N) is 2. The Morgan fingerprint density at radius 3 is 2.29 bits per heavy atom. The number of carboxylic acid groups (broad SMARTS) is 1. The van der Waals surface area contributed by atoms with Crippen LogP contribution in [0.3, 0.4) is 0 Å². The number of carbonyl (C=O) groups excluding carboxylic acids is 1. The first-order valence-corrected chi connectivity index (χ1v) is 11.1. The quantitative estimate of drug-likeness (QED) is 0.711. The molecule has 1 aromatic carbocycles. The van der Waals surface area contributed by atoms with Crippen LogP contribution in [0, 0.1) is 0 Å². The molecule has 3 N–H and O–H groups in total. The molecule has 0 aromatic heterocycles. The Labute approximate surface area is 163 Å². The van der Waals surface area contributed by atoms with E-state index in [0.29, 0.717) is 13.0 Å². The largest absolute Gasteiger partial charge is 0.465 e. The number of urea groups is 1. The van der Waals surface area contributed by atoms with E-state index in [1.165, 1.54) is 17.2 Å². The van der Waals surface area contributed by atoms with E-state index in [4.69, 9.17) is 5.11 Å². The molecule has 0 saturated carbocycles. The molecule has 28 heavy (non-hydrogen) atoms. The maximum Gasteiger partial charge on any atom is 0.407 e. The fourth-order valence-electron chi connectivity index (χ4n) is 4.31. The van der Waals surface area contributed by atoms with Gasteiger partial charge in [0.05, 0.1) is 6.04 Å². The van der Waals surface area contributed by atoms with E-state index in [-0.39, 0.29) is 0 Å². The first kappa shape index (κ1) is 18.8. The highest BCUT2D eigenvalue weighted by Gasteiger charge is 2.30. The van der Waals surface area contributed by atoms with Crippen molar-refractivity contribution >= 4 is 27.8 Å². The number of rotatable bonds is 4. The molecule has 0 radical (unpaired) electrons. The summed E-state index contributed by atoms with van der Waals surface area (Å²) in [6.45, 7) is 0.378. The summed E-state index contributed by atoms with van der Waals surface area (Å²) in [5.41, 5.74) is 5.51. The third-order valence-corrected chi connectivity index (χ3v) is 6.72. The van der Waals surface area contributed by atoms with Gasteiger partial charge in [0.2, 0.25) is 0 Å². The van der Waals surface area contributed by atoms with Crippen LogP contribution in [0.5, 0.6) is 0 Å². The minimum absolute atomic E-state index is 0.378. The van der Waals surface area contributed by atoms with E-state index < -0.39 is 28.2 Å². The van der Waals surface area contributed by atoms with Gasteiger partial charge < -0.3 is 15.3 Å². The summed E-state index contributed by atoms with van der Waals surface area (Å²) < 4.78 is 26.4. The van der Waals surface area contributed by atoms with Crippen LogP contribution >= 0.6 is 0 Å². The lowest BCUT2D eigenvalue weighted by Crippen LogP contribution is -2.49. The zero-order valence-electron chi connectivity index (χ0n) is 15.4. The lowest BCUT2D eigenvalue weighted by atomic mass is 9.99. The predicted molar refractivity (Wildman–Crippen MR) is 104 cm³/mol. The number of hydrogen-bond donors (Lipinski definition) is 3. The number of fused-ring (bicyclic) bond motifs is 2. The van der Waals surface area contributed by atoms with Crippen LogP contribution in [0.2, 0.25) is 0 Å². The lowest BCUT2D eigenvalue weighted by molar-refractivity contribution is 0.0942. The van der Waals surface area contributed by atoms with Crippen molar-refractivity contribution in [2.75, 3.05) is 11.9 Å². The summed E-state index contributed by atoms with van der Waals surface area (Å²) >= 11 is 0. The molecule has 4 rings (SSSR count).